The monoisotopic (exact) mass is 442 g/mol. The minimum Gasteiger partial charge on any atom is -0.493 e. The van der Waals surface area contributed by atoms with Gasteiger partial charge in [0.2, 0.25) is 5.91 Å². The van der Waals surface area contributed by atoms with Crippen molar-refractivity contribution in [2.45, 2.75) is 51.6 Å². The molecule has 174 valence electrons. The summed E-state index contributed by atoms with van der Waals surface area (Å²) < 4.78 is 12.1. The number of carbonyl (C=O) groups excluding carboxylic acids is 1. The van der Waals surface area contributed by atoms with Crippen LogP contribution in [-0.4, -0.2) is 72.2 Å². The molecule has 32 heavy (non-hydrogen) atoms. The van der Waals surface area contributed by atoms with Gasteiger partial charge in [0, 0.05) is 25.7 Å². The average Bonchev–Trinajstić information content (AvgIpc) is 2.81. The Labute approximate surface area is 189 Å². The van der Waals surface area contributed by atoms with E-state index in [2.05, 4.69) is 9.88 Å². The number of benzene rings is 1. The van der Waals surface area contributed by atoms with Crippen LogP contribution in [0.25, 0.3) is 10.9 Å². The van der Waals surface area contributed by atoms with Gasteiger partial charge in [0.25, 0.3) is 5.56 Å². The second-order valence-electron chi connectivity index (χ2n) is 9.05. The predicted octanol–water partition coefficient (Wildman–Crippen LogP) is 2.45. The van der Waals surface area contributed by atoms with Crippen LogP contribution >= 0.6 is 0 Å². The highest BCUT2D eigenvalue weighted by molar-refractivity contribution is 5.82. The summed E-state index contributed by atoms with van der Waals surface area (Å²) in [5, 5.41) is 0.411. The van der Waals surface area contributed by atoms with Crippen molar-refractivity contribution in [3.63, 3.8) is 0 Å². The van der Waals surface area contributed by atoms with Crippen LogP contribution in [-0.2, 0) is 11.3 Å². The van der Waals surface area contributed by atoms with Gasteiger partial charge < -0.3 is 19.3 Å². The highest BCUT2D eigenvalue weighted by Crippen LogP contribution is 2.32. The van der Waals surface area contributed by atoms with Gasteiger partial charge in [-0.05, 0) is 57.7 Å². The first kappa shape index (κ1) is 22.6. The maximum Gasteiger partial charge on any atom is 0.262 e. The molecule has 2 saturated heterocycles. The number of nitrogens with zero attached hydrogens (tertiary/aromatic N) is 4. The molecule has 2 aliphatic heterocycles. The first-order valence-corrected chi connectivity index (χ1v) is 11.5. The molecule has 0 aliphatic carbocycles. The third kappa shape index (κ3) is 4.33. The maximum absolute atomic E-state index is 13.2. The van der Waals surface area contributed by atoms with Gasteiger partial charge in [-0.2, -0.15) is 0 Å². The Morgan fingerprint density at radius 3 is 2.59 bits per heavy atom. The van der Waals surface area contributed by atoms with E-state index in [1.165, 1.54) is 50.4 Å². The standard InChI is InChI=1S/C24H34N4O4/c1-16-25-19-13-22(32-4)21(31-3)12-18(19)24(30)28(16)15-23(29)26(2)14-17-8-7-11-27-10-6-5-9-20(17)27/h12-13,17,20H,5-11,14-15H2,1-4H3. The first-order valence-electron chi connectivity index (χ1n) is 11.5. The number of carbonyl (C=O) groups is 1. The number of hydrogen-bond acceptors (Lipinski definition) is 6. The largest absolute Gasteiger partial charge is 0.493 e. The summed E-state index contributed by atoms with van der Waals surface area (Å²) in [5.74, 6) is 1.93. The molecule has 4 rings (SSSR count). The number of aryl methyl sites for hydroxylation is 1. The van der Waals surface area contributed by atoms with Gasteiger partial charge in [0.15, 0.2) is 11.5 Å². The van der Waals surface area contributed by atoms with E-state index in [0.717, 1.165) is 13.0 Å². The van der Waals surface area contributed by atoms with E-state index >= 15 is 0 Å². The van der Waals surface area contributed by atoms with Gasteiger partial charge in [0.05, 0.1) is 25.1 Å². The Kier molecular flexibility index (Phi) is 6.69. The fraction of sp³-hybridized carbons (Fsp3) is 0.625. The molecular weight excluding hydrogens is 408 g/mol. The van der Waals surface area contributed by atoms with Crippen LogP contribution in [0.5, 0.6) is 11.5 Å². The molecule has 0 spiro atoms. The van der Waals surface area contributed by atoms with Gasteiger partial charge in [-0.15, -0.1) is 0 Å². The van der Waals surface area contributed by atoms with Crippen molar-refractivity contribution in [1.82, 2.24) is 19.4 Å². The molecule has 8 nitrogen and oxygen atoms in total. The predicted molar refractivity (Wildman–Crippen MR) is 123 cm³/mol. The summed E-state index contributed by atoms with van der Waals surface area (Å²) in [6, 6.07) is 3.91. The normalized spacial score (nSPS) is 21.2. The zero-order valence-electron chi connectivity index (χ0n) is 19.6. The fourth-order valence-electron chi connectivity index (χ4n) is 5.35. The number of amides is 1. The SMILES string of the molecule is COc1cc2nc(C)n(CC(=O)N(C)CC3CCCN4CCCCC34)c(=O)c2cc1OC. The molecule has 0 saturated carbocycles. The van der Waals surface area contributed by atoms with Crippen LogP contribution in [0.1, 0.15) is 37.9 Å². The van der Waals surface area contributed by atoms with Crippen LogP contribution in [0.3, 0.4) is 0 Å². The third-order valence-electron chi connectivity index (χ3n) is 7.11. The number of aromatic nitrogens is 2. The number of ether oxygens (including phenoxy) is 2. The Bertz CT molecular complexity index is 1050. The van der Waals surface area contributed by atoms with Crippen molar-refractivity contribution in [2.75, 3.05) is 40.9 Å². The molecule has 1 amide bonds. The summed E-state index contributed by atoms with van der Waals surface area (Å²) in [5.41, 5.74) is 0.285. The van der Waals surface area contributed by atoms with Crippen LogP contribution in [0.2, 0.25) is 0 Å². The van der Waals surface area contributed by atoms with E-state index in [1.54, 1.807) is 31.1 Å². The second kappa shape index (κ2) is 9.48. The lowest BCUT2D eigenvalue weighted by Crippen LogP contribution is -2.51. The molecule has 8 heteroatoms. The van der Waals surface area contributed by atoms with Gasteiger partial charge in [-0.3, -0.25) is 14.2 Å². The summed E-state index contributed by atoms with van der Waals surface area (Å²) in [6.07, 6.45) is 6.15. The quantitative estimate of drug-likeness (QED) is 0.684. The summed E-state index contributed by atoms with van der Waals surface area (Å²) >= 11 is 0. The molecule has 2 aliphatic rings. The molecule has 1 aromatic heterocycles. The number of piperidine rings is 2. The van der Waals surface area contributed by atoms with Crippen molar-refractivity contribution in [2.24, 2.45) is 5.92 Å². The Balaban J connectivity index is 1.53. The molecule has 0 radical (unpaired) electrons. The smallest absolute Gasteiger partial charge is 0.262 e. The first-order chi connectivity index (χ1) is 15.4. The van der Waals surface area contributed by atoms with Crippen LogP contribution in [0, 0.1) is 12.8 Å². The van der Waals surface area contributed by atoms with Gasteiger partial charge >= 0.3 is 0 Å². The van der Waals surface area contributed by atoms with Crippen LogP contribution in [0.15, 0.2) is 16.9 Å². The molecule has 2 aromatic rings. The molecule has 0 N–H and O–H groups in total. The van der Waals surface area contributed by atoms with Gasteiger partial charge in [0.1, 0.15) is 12.4 Å². The summed E-state index contributed by atoms with van der Waals surface area (Å²) in [7, 11) is 4.93. The summed E-state index contributed by atoms with van der Waals surface area (Å²) in [6.45, 7) is 4.85. The van der Waals surface area contributed by atoms with E-state index in [0.29, 0.717) is 40.2 Å². The molecule has 2 unspecified atom stereocenters. The van der Waals surface area contributed by atoms with Crippen molar-refractivity contribution < 1.29 is 14.3 Å². The third-order valence-corrected chi connectivity index (χ3v) is 7.11. The van der Waals surface area contributed by atoms with Gasteiger partial charge in [-0.1, -0.05) is 6.42 Å². The summed E-state index contributed by atoms with van der Waals surface area (Å²) in [4.78, 5) is 35.3. The topological polar surface area (TPSA) is 76.9 Å². The number of hydrogen-bond donors (Lipinski definition) is 0. The van der Waals surface area contributed by atoms with Crippen molar-refractivity contribution in [3.05, 3.63) is 28.3 Å². The maximum atomic E-state index is 13.2. The number of rotatable bonds is 6. The Morgan fingerprint density at radius 2 is 1.84 bits per heavy atom. The lowest BCUT2D eigenvalue weighted by molar-refractivity contribution is -0.131. The molecule has 3 heterocycles. The van der Waals surface area contributed by atoms with Gasteiger partial charge in [-0.25, -0.2) is 4.98 Å². The molecule has 2 atom stereocenters. The molecule has 1 aromatic carbocycles. The van der Waals surface area contributed by atoms with E-state index in [4.69, 9.17) is 9.47 Å². The van der Waals surface area contributed by atoms with Crippen molar-refractivity contribution >= 4 is 16.8 Å². The Morgan fingerprint density at radius 1 is 1.12 bits per heavy atom. The highest BCUT2D eigenvalue weighted by Gasteiger charge is 2.34. The number of methoxy groups -OCH3 is 2. The zero-order chi connectivity index (χ0) is 22.8. The average molecular weight is 443 g/mol. The fourth-order valence-corrected chi connectivity index (χ4v) is 5.35. The molecular formula is C24H34N4O4. The zero-order valence-corrected chi connectivity index (χ0v) is 19.6. The van der Waals surface area contributed by atoms with E-state index in [9.17, 15) is 9.59 Å². The van der Waals surface area contributed by atoms with Crippen LogP contribution in [0.4, 0.5) is 0 Å². The number of fused-ring (bicyclic) bond motifs is 2. The minimum absolute atomic E-state index is 0.0143. The Hall–Kier alpha value is -2.61. The second-order valence-corrected chi connectivity index (χ2v) is 9.05. The minimum atomic E-state index is -0.244. The lowest BCUT2D eigenvalue weighted by Gasteiger charge is -2.45. The van der Waals surface area contributed by atoms with Crippen LogP contribution < -0.4 is 15.0 Å². The highest BCUT2D eigenvalue weighted by atomic mass is 16.5. The van der Waals surface area contributed by atoms with Crippen molar-refractivity contribution in [3.8, 4) is 11.5 Å². The van der Waals surface area contributed by atoms with E-state index in [-0.39, 0.29) is 18.0 Å². The van der Waals surface area contributed by atoms with E-state index < -0.39 is 0 Å². The number of likely N-dealkylation sites (N-methyl/N-ethyl adjacent to an activating group) is 1. The molecule has 0 bridgehead atoms. The lowest BCUT2D eigenvalue weighted by atomic mass is 9.83. The van der Waals surface area contributed by atoms with E-state index in [1.807, 2.05) is 7.05 Å². The molecule has 2 fully saturated rings. The van der Waals surface area contributed by atoms with Crippen molar-refractivity contribution in [1.29, 1.82) is 0 Å².